The molecule has 3 N–H and O–H groups in total. The number of hydrogen-bond donors (Lipinski definition) is 2. The number of ether oxygens (including phenoxy) is 2. The molecule has 7 heteroatoms. The van der Waals surface area contributed by atoms with Crippen LogP contribution in [-0.2, 0) is 21.6 Å². The number of aliphatic hydroxyl groups is 1. The molecule has 0 unspecified atom stereocenters. The molecule has 3 rings (SSSR count). The third-order valence-electron chi connectivity index (χ3n) is 5.21. The zero-order valence-electron chi connectivity index (χ0n) is 15.4. The van der Waals surface area contributed by atoms with Gasteiger partial charge in [-0.1, -0.05) is 36.4 Å². The summed E-state index contributed by atoms with van der Waals surface area (Å²) in [5.41, 5.74) is 5.90. The molecule has 1 aliphatic rings. The van der Waals surface area contributed by atoms with Crippen molar-refractivity contribution in [2.45, 2.75) is 30.8 Å². The van der Waals surface area contributed by atoms with Crippen LogP contribution in [0.4, 0.5) is 13.2 Å². The minimum absolute atomic E-state index is 0.00458. The first kappa shape index (κ1) is 20.8. The Labute approximate surface area is 162 Å². The molecule has 0 spiro atoms. The molecule has 1 fully saturated rings. The Morgan fingerprint density at radius 2 is 1.96 bits per heavy atom. The van der Waals surface area contributed by atoms with Gasteiger partial charge in [-0.25, -0.2) is 13.2 Å². The summed E-state index contributed by atoms with van der Waals surface area (Å²) in [6, 6.07) is 12.6. The van der Waals surface area contributed by atoms with Crippen LogP contribution in [0.5, 0.6) is 0 Å². The van der Waals surface area contributed by atoms with Crippen molar-refractivity contribution in [1.29, 1.82) is 0 Å². The smallest absolute Gasteiger partial charge is 0.131 e. The molecular formula is C21H24F3NO3. The maximum Gasteiger partial charge on any atom is 0.131 e. The van der Waals surface area contributed by atoms with Crippen molar-refractivity contribution in [1.82, 2.24) is 0 Å². The Morgan fingerprint density at radius 3 is 2.64 bits per heavy atom. The SMILES string of the molecule is N[C@@]1(c2ccc(F)cc2F)CO[C@@H](COCc2ccccc2)C[C@H]1[C@@H](O)CF. The predicted octanol–water partition coefficient (Wildman–Crippen LogP) is 3.07. The van der Waals surface area contributed by atoms with E-state index in [0.29, 0.717) is 6.61 Å². The van der Waals surface area contributed by atoms with Gasteiger partial charge in [-0.3, -0.25) is 0 Å². The summed E-state index contributed by atoms with van der Waals surface area (Å²) < 4.78 is 52.3. The molecule has 4 nitrogen and oxygen atoms in total. The van der Waals surface area contributed by atoms with E-state index in [2.05, 4.69) is 0 Å². The second kappa shape index (κ2) is 9.05. The monoisotopic (exact) mass is 395 g/mol. The summed E-state index contributed by atoms with van der Waals surface area (Å²) in [6.45, 7) is -0.551. The van der Waals surface area contributed by atoms with E-state index in [0.717, 1.165) is 17.7 Å². The van der Waals surface area contributed by atoms with Crippen LogP contribution < -0.4 is 5.73 Å². The van der Waals surface area contributed by atoms with Gasteiger partial charge < -0.3 is 20.3 Å². The van der Waals surface area contributed by atoms with Gasteiger partial charge in [0.1, 0.15) is 18.3 Å². The highest BCUT2D eigenvalue weighted by molar-refractivity contribution is 5.29. The molecule has 0 saturated carbocycles. The lowest BCUT2D eigenvalue weighted by atomic mass is 9.72. The quantitative estimate of drug-likeness (QED) is 0.756. The largest absolute Gasteiger partial charge is 0.390 e. The van der Waals surface area contributed by atoms with Gasteiger partial charge in [0.15, 0.2) is 0 Å². The van der Waals surface area contributed by atoms with Crippen molar-refractivity contribution in [3.8, 4) is 0 Å². The van der Waals surface area contributed by atoms with Gasteiger partial charge >= 0.3 is 0 Å². The molecule has 0 bridgehead atoms. The summed E-state index contributed by atoms with van der Waals surface area (Å²) in [5.74, 6) is -2.39. The fraction of sp³-hybridized carbons (Fsp3) is 0.429. The number of rotatable bonds is 7. The third-order valence-corrected chi connectivity index (χ3v) is 5.21. The fourth-order valence-electron chi connectivity index (χ4n) is 3.68. The summed E-state index contributed by atoms with van der Waals surface area (Å²) in [4.78, 5) is 0. The normalized spacial score (nSPS) is 26.2. The second-order valence-electron chi connectivity index (χ2n) is 7.16. The maximum atomic E-state index is 14.3. The average Bonchev–Trinajstić information content (AvgIpc) is 2.69. The maximum absolute atomic E-state index is 14.3. The summed E-state index contributed by atoms with van der Waals surface area (Å²) in [5, 5.41) is 10.2. The molecule has 28 heavy (non-hydrogen) atoms. The van der Waals surface area contributed by atoms with Crippen molar-refractivity contribution in [3.63, 3.8) is 0 Å². The van der Waals surface area contributed by atoms with E-state index in [9.17, 15) is 18.3 Å². The zero-order chi connectivity index (χ0) is 20.1. The molecule has 1 aliphatic heterocycles. The van der Waals surface area contributed by atoms with Gasteiger partial charge in [-0.05, 0) is 18.1 Å². The highest BCUT2D eigenvalue weighted by atomic mass is 19.1. The molecule has 0 amide bonds. The zero-order valence-corrected chi connectivity index (χ0v) is 15.4. The Kier molecular flexibility index (Phi) is 6.72. The molecule has 152 valence electrons. The van der Waals surface area contributed by atoms with Gasteiger partial charge in [0.25, 0.3) is 0 Å². The van der Waals surface area contributed by atoms with E-state index in [1.807, 2.05) is 30.3 Å². The standard InChI is InChI=1S/C21H24F3NO3/c22-10-20(26)18-9-16(12-27-11-14-4-2-1-3-5-14)28-13-21(18,25)17-7-6-15(23)8-19(17)24/h1-8,16,18,20,26H,9-13,25H2/t16-,18+,20+,21-/m1/s1. The first-order valence-electron chi connectivity index (χ1n) is 9.15. The van der Waals surface area contributed by atoms with Crippen molar-refractivity contribution in [2.24, 2.45) is 11.7 Å². The van der Waals surface area contributed by atoms with Gasteiger partial charge in [0.2, 0.25) is 0 Å². The highest BCUT2D eigenvalue weighted by Gasteiger charge is 2.47. The summed E-state index contributed by atoms with van der Waals surface area (Å²) in [7, 11) is 0. The molecule has 0 aromatic heterocycles. The number of aliphatic hydroxyl groups excluding tert-OH is 1. The molecule has 0 aliphatic carbocycles. The fourth-order valence-corrected chi connectivity index (χ4v) is 3.68. The molecule has 1 saturated heterocycles. The lowest BCUT2D eigenvalue weighted by molar-refractivity contribution is -0.124. The first-order chi connectivity index (χ1) is 13.4. The van der Waals surface area contributed by atoms with Crippen LogP contribution in [-0.4, -0.2) is 37.2 Å². The van der Waals surface area contributed by atoms with Gasteiger partial charge in [0, 0.05) is 17.5 Å². The van der Waals surface area contributed by atoms with Crippen LogP contribution in [0.25, 0.3) is 0 Å². The Bertz CT molecular complexity index is 777. The van der Waals surface area contributed by atoms with Gasteiger partial charge in [0.05, 0.1) is 37.6 Å². The van der Waals surface area contributed by atoms with E-state index in [1.165, 1.54) is 6.07 Å². The molecule has 2 aromatic rings. The van der Waals surface area contributed by atoms with E-state index < -0.39 is 42.0 Å². The van der Waals surface area contributed by atoms with Gasteiger partial charge in [-0.15, -0.1) is 0 Å². The number of halogens is 3. The molecular weight excluding hydrogens is 371 g/mol. The predicted molar refractivity (Wildman–Crippen MR) is 98.2 cm³/mol. The number of alkyl halides is 1. The average molecular weight is 395 g/mol. The van der Waals surface area contributed by atoms with Crippen LogP contribution in [0.3, 0.4) is 0 Å². The lowest BCUT2D eigenvalue weighted by Gasteiger charge is -2.45. The third kappa shape index (κ3) is 4.55. The van der Waals surface area contributed by atoms with Crippen molar-refractivity contribution >= 4 is 0 Å². The van der Waals surface area contributed by atoms with Crippen molar-refractivity contribution < 1.29 is 27.8 Å². The van der Waals surface area contributed by atoms with Crippen molar-refractivity contribution in [2.75, 3.05) is 19.9 Å². The topological polar surface area (TPSA) is 64.7 Å². The lowest BCUT2D eigenvalue weighted by Crippen LogP contribution is -2.58. The van der Waals surface area contributed by atoms with Crippen LogP contribution in [0.2, 0.25) is 0 Å². The Morgan fingerprint density at radius 1 is 1.21 bits per heavy atom. The highest BCUT2D eigenvalue weighted by Crippen LogP contribution is 2.39. The molecule has 0 radical (unpaired) electrons. The minimum atomic E-state index is -1.47. The molecule has 2 aromatic carbocycles. The minimum Gasteiger partial charge on any atom is -0.390 e. The van der Waals surface area contributed by atoms with Crippen LogP contribution in [0.15, 0.2) is 48.5 Å². The molecule has 1 heterocycles. The summed E-state index contributed by atoms with van der Waals surface area (Å²) >= 11 is 0. The van der Waals surface area contributed by atoms with E-state index in [4.69, 9.17) is 15.2 Å². The van der Waals surface area contributed by atoms with Crippen LogP contribution in [0.1, 0.15) is 17.5 Å². The molecule has 4 atom stereocenters. The van der Waals surface area contributed by atoms with E-state index in [-0.39, 0.29) is 25.2 Å². The van der Waals surface area contributed by atoms with Crippen molar-refractivity contribution in [3.05, 3.63) is 71.3 Å². The summed E-state index contributed by atoms with van der Waals surface area (Å²) in [6.07, 6.45) is -1.63. The van der Waals surface area contributed by atoms with Crippen LogP contribution >= 0.6 is 0 Å². The van der Waals surface area contributed by atoms with Gasteiger partial charge in [-0.2, -0.15) is 0 Å². The second-order valence-corrected chi connectivity index (χ2v) is 7.16. The van der Waals surface area contributed by atoms with E-state index in [1.54, 1.807) is 0 Å². The van der Waals surface area contributed by atoms with Crippen LogP contribution in [0, 0.1) is 17.6 Å². The number of benzene rings is 2. The number of hydrogen-bond acceptors (Lipinski definition) is 4. The van der Waals surface area contributed by atoms with E-state index >= 15 is 0 Å². The first-order valence-corrected chi connectivity index (χ1v) is 9.15. The number of nitrogens with two attached hydrogens (primary N) is 1. The Hall–Kier alpha value is -1.93. The Balaban J connectivity index is 1.71.